The number of nitrogens with zero attached hydrogens (tertiary/aromatic N) is 2. The van der Waals surface area contributed by atoms with Gasteiger partial charge in [0, 0.05) is 29.9 Å². The molecule has 176 valence electrons. The van der Waals surface area contributed by atoms with E-state index < -0.39 is 0 Å². The Labute approximate surface area is 209 Å². The zero-order valence-corrected chi connectivity index (χ0v) is 19.9. The number of hydrogen-bond acceptors (Lipinski definition) is 4. The van der Waals surface area contributed by atoms with Crippen LogP contribution in [-0.2, 0) is 13.1 Å². The van der Waals surface area contributed by atoms with Crippen LogP contribution in [0.25, 0.3) is 21.5 Å². The van der Waals surface area contributed by atoms with Gasteiger partial charge in [-0.1, -0.05) is 54.6 Å². The number of benzene rings is 5. The van der Waals surface area contributed by atoms with Crippen molar-refractivity contribution < 1.29 is 9.53 Å². The Bertz CT molecular complexity index is 1570. The van der Waals surface area contributed by atoms with Gasteiger partial charge in [-0.2, -0.15) is 5.10 Å². The number of nitrogens with one attached hydrogen (secondary N) is 1. The Kier molecular flexibility index (Phi) is 5.58. The maximum absolute atomic E-state index is 12.9. The van der Waals surface area contributed by atoms with Gasteiger partial charge >= 0.3 is 0 Å². The molecule has 0 radical (unpaired) electrons. The number of methoxy groups -OCH3 is 1. The molecule has 1 heterocycles. The molecule has 0 aliphatic carbocycles. The van der Waals surface area contributed by atoms with Crippen LogP contribution in [-0.4, -0.2) is 19.2 Å². The van der Waals surface area contributed by atoms with Crippen molar-refractivity contribution in [3.05, 3.63) is 119 Å². The van der Waals surface area contributed by atoms with Crippen molar-refractivity contribution in [1.29, 1.82) is 0 Å². The molecule has 1 aliphatic heterocycles. The maximum Gasteiger partial charge on any atom is 0.271 e. The second kappa shape index (κ2) is 9.19. The van der Waals surface area contributed by atoms with E-state index in [1.54, 1.807) is 13.3 Å². The van der Waals surface area contributed by atoms with E-state index in [2.05, 4.69) is 57.9 Å². The van der Waals surface area contributed by atoms with Crippen LogP contribution in [0, 0.1) is 0 Å². The van der Waals surface area contributed by atoms with E-state index in [-0.39, 0.29) is 5.91 Å². The van der Waals surface area contributed by atoms with Crippen molar-refractivity contribution in [2.45, 2.75) is 13.1 Å². The van der Waals surface area contributed by atoms with Crippen LogP contribution in [0.1, 0.15) is 27.0 Å². The van der Waals surface area contributed by atoms with Crippen LogP contribution in [0.15, 0.2) is 102 Å². The molecule has 5 aromatic rings. The molecule has 0 saturated carbocycles. The highest BCUT2D eigenvalue weighted by molar-refractivity contribution is 6.13. The zero-order valence-electron chi connectivity index (χ0n) is 19.9. The number of carbonyl (C=O) groups is 1. The standard InChI is InChI=1S/C31H25N3O2/c1-36-27-14-12-26(13-15-27)34-19-24-11-10-23(17-25(24)20-34)31(35)33-32-18-30-28-8-4-2-6-21(28)16-22-7-3-5-9-29(22)30/h2-18H,19-20H2,1H3,(H,33,35)/b32-18+. The van der Waals surface area contributed by atoms with Crippen LogP contribution < -0.4 is 15.1 Å². The Hall–Kier alpha value is -4.64. The summed E-state index contributed by atoms with van der Waals surface area (Å²) in [5.41, 5.74) is 7.84. The summed E-state index contributed by atoms with van der Waals surface area (Å²) in [7, 11) is 1.67. The molecule has 1 N–H and O–H groups in total. The maximum atomic E-state index is 12.9. The number of carbonyl (C=O) groups excluding carboxylic acids is 1. The lowest BCUT2D eigenvalue weighted by Crippen LogP contribution is -2.18. The largest absolute Gasteiger partial charge is 0.497 e. The lowest BCUT2D eigenvalue weighted by atomic mass is 9.97. The van der Waals surface area contributed by atoms with Crippen molar-refractivity contribution in [2.75, 3.05) is 12.0 Å². The van der Waals surface area contributed by atoms with E-state index in [0.29, 0.717) is 5.56 Å². The predicted molar refractivity (Wildman–Crippen MR) is 146 cm³/mol. The van der Waals surface area contributed by atoms with E-state index in [9.17, 15) is 4.79 Å². The van der Waals surface area contributed by atoms with Crippen LogP contribution >= 0.6 is 0 Å². The quantitative estimate of drug-likeness (QED) is 0.186. The van der Waals surface area contributed by atoms with E-state index in [4.69, 9.17) is 4.74 Å². The molecular formula is C31H25N3O2. The highest BCUT2D eigenvalue weighted by Gasteiger charge is 2.21. The molecule has 0 saturated heterocycles. The number of anilines is 1. The number of ether oxygens (including phenoxy) is 1. The van der Waals surface area contributed by atoms with Gasteiger partial charge in [-0.15, -0.1) is 0 Å². The number of hydrazone groups is 1. The third-order valence-corrected chi connectivity index (χ3v) is 6.80. The summed E-state index contributed by atoms with van der Waals surface area (Å²) in [6.07, 6.45) is 1.75. The summed E-state index contributed by atoms with van der Waals surface area (Å²) in [6.45, 7) is 1.57. The average Bonchev–Trinajstić information content (AvgIpc) is 3.36. The number of rotatable bonds is 5. The summed E-state index contributed by atoms with van der Waals surface area (Å²) < 4.78 is 5.26. The van der Waals surface area contributed by atoms with Gasteiger partial charge in [0.1, 0.15) is 5.75 Å². The first kappa shape index (κ1) is 21.9. The molecule has 0 aromatic heterocycles. The number of hydrogen-bond donors (Lipinski definition) is 1. The molecule has 0 bridgehead atoms. The molecule has 0 unspecified atom stereocenters. The second-order valence-corrected chi connectivity index (χ2v) is 8.97. The Morgan fingerprint density at radius 1 is 0.833 bits per heavy atom. The van der Waals surface area contributed by atoms with E-state index in [1.165, 1.54) is 5.56 Å². The van der Waals surface area contributed by atoms with Crippen LogP contribution in [0.2, 0.25) is 0 Å². The van der Waals surface area contributed by atoms with Gasteiger partial charge in [0.15, 0.2) is 0 Å². The molecule has 5 nitrogen and oxygen atoms in total. The van der Waals surface area contributed by atoms with Gasteiger partial charge in [0.05, 0.1) is 13.3 Å². The summed E-state index contributed by atoms with van der Waals surface area (Å²) in [5, 5.41) is 8.83. The molecule has 0 atom stereocenters. The zero-order chi connectivity index (χ0) is 24.5. The molecule has 0 fully saturated rings. The Morgan fingerprint density at radius 2 is 1.50 bits per heavy atom. The molecule has 36 heavy (non-hydrogen) atoms. The normalized spacial score (nSPS) is 12.9. The third-order valence-electron chi connectivity index (χ3n) is 6.80. The summed E-state index contributed by atoms with van der Waals surface area (Å²) in [4.78, 5) is 15.2. The Balaban J connectivity index is 1.21. The van der Waals surface area contributed by atoms with Crippen molar-refractivity contribution >= 4 is 39.4 Å². The molecule has 6 rings (SSSR count). The van der Waals surface area contributed by atoms with Crippen molar-refractivity contribution in [3.8, 4) is 5.75 Å². The van der Waals surface area contributed by atoms with Crippen LogP contribution in [0.5, 0.6) is 5.75 Å². The van der Waals surface area contributed by atoms with E-state index in [0.717, 1.165) is 57.2 Å². The first-order valence-electron chi connectivity index (χ1n) is 11.9. The van der Waals surface area contributed by atoms with Gasteiger partial charge in [-0.3, -0.25) is 4.79 Å². The average molecular weight is 472 g/mol. The minimum Gasteiger partial charge on any atom is -0.497 e. The molecule has 5 aromatic carbocycles. The van der Waals surface area contributed by atoms with Gasteiger partial charge in [0.2, 0.25) is 0 Å². The lowest BCUT2D eigenvalue weighted by molar-refractivity contribution is 0.0955. The van der Waals surface area contributed by atoms with Crippen molar-refractivity contribution in [1.82, 2.24) is 5.43 Å². The highest BCUT2D eigenvalue weighted by atomic mass is 16.5. The Morgan fingerprint density at radius 3 is 2.19 bits per heavy atom. The van der Waals surface area contributed by atoms with Crippen molar-refractivity contribution in [2.24, 2.45) is 5.10 Å². The number of fused-ring (bicyclic) bond motifs is 3. The molecule has 0 spiro atoms. The molecule has 5 heteroatoms. The van der Waals surface area contributed by atoms with E-state index >= 15 is 0 Å². The highest BCUT2D eigenvalue weighted by Crippen LogP contribution is 2.30. The number of amides is 1. The monoisotopic (exact) mass is 471 g/mol. The fourth-order valence-electron chi connectivity index (χ4n) is 4.92. The minimum atomic E-state index is -0.221. The van der Waals surface area contributed by atoms with Crippen molar-refractivity contribution in [3.63, 3.8) is 0 Å². The lowest BCUT2D eigenvalue weighted by Gasteiger charge is -2.17. The van der Waals surface area contributed by atoms with Gasteiger partial charge in [-0.05, 0) is 75.1 Å². The second-order valence-electron chi connectivity index (χ2n) is 8.97. The molecule has 1 amide bonds. The van der Waals surface area contributed by atoms with Gasteiger partial charge < -0.3 is 9.64 Å². The van der Waals surface area contributed by atoms with Gasteiger partial charge in [0.25, 0.3) is 5.91 Å². The summed E-state index contributed by atoms with van der Waals surface area (Å²) >= 11 is 0. The van der Waals surface area contributed by atoms with Crippen LogP contribution in [0.3, 0.4) is 0 Å². The van der Waals surface area contributed by atoms with Crippen LogP contribution in [0.4, 0.5) is 5.69 Å². The topological polar surface area (TPSA) is 53.9 Å². The fourth-order valence-corrected chi connectivity index (χ4v) is 4.92. The first-order valence-corrected chi connectivity index (χ1v) is 11.9. The fraction of sp³-hybridized carbons (Fsp3) is 0.0968. The third kappa shape index (κ3) is 4.05. The van der Waals surface area contributed by atoms with E-state index in [1.807, 2.05) is 54.6 Å². The first-order chi connectivity index (χ1) is 17.7. The predicted octanol–water partition coefficient (Wildman–Crippen LogP) is 6.29. The molecular weight excluding hydrogens is 446 g/mol. The molecule has 1 aliphatic rings. The van der Waals surface area contributed by atoms with Gasteiger partial charge in [-0.25, -0.2) is 5.43 Å². The minimum absolute atomic E-state index is 0.221. The SMILES string of the molecule is COc1ccc(N2Cc3ccc(C(=O)N/N=C/c4c5ccccc5cc5ccccc45)cc3C2)cc1. The smallest absolute Gasteiger partial charge is 0.271 e. The summed E-state index contributed by atoms with van der Waals surface area (Å²) in [6, 6.07) is 32.6. The summed E-state index contributed by atoms with van der Waals surface area (Å²) in [5.74, 6) is 0.618.